The lowest BCUT2D eigenvalue weighted by molar-refractivity contribution is 0.273. The van der Waals surface area contributed by atoms with Crippen LogP contribution in [-0.2, 0) is 6.54 Å². The number of hydrogen-bond donors (Lipinski definition) is 0. The second-order valence-corrected chi connectivity index (χ2v) is 6.43. The first-order valence-electron chi connectivity index (χ1n) is 6.42. The molecule has 1 heterocycles. The van der Waals surface area contributed by atoms with E-state index < -0.39 is 0 Å². The van der Waals surface area contributed by atoms with E-state index in [1.165, 1.54) is 19.3 Å². The Bertz CT molecular complexity index is 707. The highest BCUT2D eigenvalue weighted by molar-refractivity contribution is 9.10. The van der Waals surface area contributed by atoms with Gasteiger partial charge in [0.25, 0.3) is 5.56 Å². The summed E-state index contributed by atoms with van der Waals surface area (Å²) in [7, 11) is 0. The molecule has 0 N–H and O–H groups in total. The molecule has 1 aliphatic rings. The highest BCUT2D eigenvalue weighted by Crippen LogP contribution is 2.29. The van der Waals surface area contributed by atoms with Gasteiger partial charge in [0.2, 0.25) is 5.28 Å². The van der Waals surface area contributed by atoms with E-state index in [-0.39, 0.29) is 10.8 Å². The third-order valence-corrected chi connectivity index (χ3v) is 4.67. The van der Waals surface area contributed by atoms with Gasteiger partial charge in [-0.15, -0.1) is 0 Å². The zero-order valence-corrected chi connectivity index (χ0v) is 13.0. The van der Waals surface area contributed by atoms with E-state index in [1.807, 2.05) is 19.1 Å². The molecular weight excluding hydrogens is 328 g/mol. The third-order valence-electron chi connectivity index (χ3n) is 3.78. The van der Waals surface area contributed by atoms with Gasteiger partial charge in [-0.3, -0.25) is 9.36 Å². The minimum Gasteiger partial charge on any atom is -0.282 e. The van der Waals surface area contributed by atoms with Crippen LogP contribution in [0.5, 0.6) is 0 Å². The highest BCUT2D eigenvalue weighted by Gasteiger charge is 2.21. The summed E-state index contributed by atoms with van der Waals surface area (Å²) < 4.78 is 2.43. The number of rotatable bonds is 2. The smallest absolute Gasteiger partial charge is 0.262 e. The molecule has 0 atom stereocenters. The lowest BCUT2D eigenvalue weighted by atomic mass is 9.85. The molecule has 1 aliphatic carbocycles. The van der Waals surface area contributed by atoms with Gasteiger partial charge < -0.3 is 0 Å². The predicted molar refractivity (Wildman–Crippen MR) is 80.8 cm³/mol. The Balaban J connectivity index is 2.20. The molecule has 1 saturated carbocycles. The minimum atomic E-state index is -0.0358. The number of fused-ring (bicyclic) bond motifs is 1. The van der Waals surface area contributed by atoms with E-state index in [2.05, 4.69) is 20.9 Å². The van der Waals surface area contributed by atoms with Crippen molar-refractivity contribution in [1.82, 2.24) is 9.55 Å². The van der Waals surface area contributed by atoms with Crippen LogP contribution in [0.2, 0.25) is 5.28 Å². The van der Waals surface area contributed by atoms with Crippen molar-refractivity contribution in [2.24, 2.45) is 5.92 Å². The molecule has 1 aromatic carbocycles. The van der Waals surface area contributed by atoms with Crippen LogP contribution in [-0.4, -0.2) is 9.55 Å². The predicted octanol–water partition coefficient (Wildman–Crippen LogP) is 3.92. The number of nitrogens with zero attached hydrogens (tertiary/aromatic N) is 2. The van der Waals surface area contributed by atoms with Crippen LogP contribution >= 0.6 is 27.5 Å². The number of halogens is 2. The van der Waals surface area contributed by atoms with E-state index in [0.717, 1.165) is 10.0 Å². The fourth-order valence-electron chi connectivity index (χ4n) is 2.48. The lowest BCUT2D eigenvalue weighted by Gasteiger charge is -2.26. The van der Waals surface area contributed by atoms with E-state index >= 15 is 0 Å². The lowest BCUT2D eigenvalue weighted by Crippen LogP contribution is -2.28. The SMILES string of the molecule is Cc1cc(Br)c2nc(Cl)n(CC3CCC3)c(=O)c2c1. The Morgan fingerprint density at radius 1 is 1.47 bits per heavy atom. The molecular formula is C14H14BrClN2O. The average molecular weight is 342 g/mol. The number of aryl methyl sites for hydroxylation is 1. The van der Waals surface area contributed by atoms with Crippen LogP contribution < -0.4 is 5.56 Å². The Morgan fingerprint density at radius 3 is 2.84 bits per heavy atom. The normalized spacial score (nSPS) is 15.7. The number of aromatic nitrogens is 2. The molecule has 0 radical (unpaired) electrons. The number of hydrogen-bond acceptors (Lipinski definition) is 2. The monoisotopic (exact) mass is 340 g/mol. The Hall–Kier alpha value is -0.870. The number of benzene rings is 1. The topological polar surface area (TPSA) is 34.9 Å². The van der Waals surface area contributed by atoms with Crippen LogP contribution in [0.15, 0.2) is 21.4 Å². The zero-order valence-electron chi connectivity index (χ0n) is 10.6. The van der Waals surface area contributed by atoms with E-state index in [9.17, 15) is 4.79 Å². The largest absolute Gasteiger partial charge is 0.282 e. The van der Waals surface area contributed by atoms with Crippen molar-refractivity contribution in [2.75, 3.05) is 0 Å². The molecule has 2 aromatic rings. The molecule has 1 fully saturated rings. The summed E-state index contributed by atoms with van der Waals surface area (Å²) in [5, 5.41) is 0.921. The van der Waals surface area contributed by atoms with Crippen molar-refractivity contribution < 1.29 is 0 Å². The van der Waals surface area contributed by atoms with Crippen molar-refractivity contribution >= 4 is 38.4 Å². The minimum absolute atomic E-state index is 0.0358. The van der Waals surface area contributed by atoms with Gasteiger partial charge in [0, 0.05) is 11.0 Å². The van der Waals surface area contributed by atoms with Crippen LogP contribution in [0.1, 0.15) is 24.8 Å². The van der Waals surface area contributed by atoms with Gasteiger partial charge in [-0.05, 0) is 70.9 Å². The van der Waals surface area contributed by atoms with Gasteiger partial charge in [-0.2, -0.15) is 0 Å². The maximum absolute atomic E-state index is 12.5. The molecule has 5 heteroatoms. The van der Waals surface area contributed by atoms with E-state index in [4.69, 9.17) is 11.6 Å². The molecule has 0 bridgehead atoms. The first-order chi connectivity index (χ1) is 9.06. The van der Waals surface area contributed by atoms with Gasteiger partial charge in [0.15, 0.2) is 0 Å². The second kappa shape index (κ2) is 4.91. The van der Waals surface area contributed by atoms with Crippen molar-refractivity contribution in [2.45, 2.75) is 32.7 Å². The Kier molecular flexibility index (Phi) is 3.39. The third kappa shape index (κ3) is 2.32. The molecule has 3 nitrogen and oxygen atoms in total. The molecule has 100 valence electrons. The summed E-state index contributed by atoms with van der Waals surface area (Å²) in [6.07, 6.45) is 3.61. The maximum Gasteiger partial charge on any atom is 0.262 e. The summed E-state index contributed by atoms with van der Waals surface area (Å²) in [5.74, 6) is 0.572. The van der Waals surface area contributed by atoms with Crippen LogP contribution in [0.4, 0.5) is 0 Å². The standard InChI is InChI=1S/C14H14BrClN2O/c1-8-5-10-12(11(15)6-8)17-14(16)18(13(10)19)7-9-3-2-4-9/h5-6,9H,2-4,7H2,1H3. The Labute approximate surface area is 124 Å². The molecule has 0 unspecified atom stereocenters. The molecule has 0 amide bonds. The first kappa shape index (κ1) is 13.1. The van der Waals surface area contributed by atoms with Crippen molar-refractivity contribution in [3.63, 3.8) is 0 Å². The van der Waals surface area contributed by atoms with Gasteiger partial charge in [0.05, 0.1) is 10.9 Å². The summed E-state index contributed by atoms with van der Waals surface area (Å²) >= 11 is 9.62. The zero-order chi connectivity index (χ0) is 13.6. The average Bonchev–Trinajstić information content (AvgIpc) is 2.28. The van der Waals surface area contributed by atoms with Gasteiger partial charge >= 0.3 is 0 Å². The fraction of sp³-hybridized carbons (Fsp3) is 0.429. The fourth-order valence-corrected chi connectivity index (χ4v) is 3.38. The first-order valence-corrected chi connectivity index (χ1v) is 7.59. The summed E-state index contributed by atoms with van der Waals surface area (Å²) in [6.45, 7) is 2.65. The molecule has 0 spiro atoms. The van der Waals surface area contributed by atoms with Gasteiger partial charge in [-0.25, -0.2) is 4.98 Å². The molecule has 1 aromatic heterocycles. The van der Waals surface area contributed by atoms with Crippen molar-refractivity contribution in [3.8, 4) is 0 Å². The summed E-state index contributed by atoms with van der Waals surface area (Å²) in [6, 6.07) is 3.82. The quantitative estimate of drug-likeness (QED) is 0.776. The van der Waals surface area contributed by atoms with Crippen LogP contribution in [0.3, 0.4) is 0 Å². The highest BCUT2D eigenvalue weighted by atomic mass is 79.9. The van der Waals surface area contributed by atoms with Crippen molar-refractivity contribution in [3.05, 3.63) is 37.8 Å². The van der Waals surface area contributed by atoms with E-state index in [0.29, 0.717) is 23.4 Å². The molecule has 19 heavy (non-hydrogen) atoms. The Morgan fingerprint density at radius 2 is 2.21 bits per heavy atom. The van der Waals surface area contributed by atoms with Gasteiger partial charge in [0.1, 0.15) is 0 Å². The van der Waals surface area contributed by atoms with Gasteiger partial charge in [-0.1, -0.05) is 6.42 Å². The van der Waals surface area contributed by atoms with Crippen molar-refractivity contribution in [1.29, 1.82) is 0 Å². The summed E-state index contributed by atoms with van der Waals surface area (Å²) in [5.41, 5.74) is 1.65. The second-order valence-electron chi connectivity index (χ2n) is 5.24. The molecule has 3 rings (SSSR count). The van der Waals surface area contributed by atoms with Crippen LogP contribution in [0, 0.1) is 12.8 Å². The molecule has 0 aliphatic heterocycles. The summed E-state index contributed by atoms with van der Waals surface area (Å²) in [4.78, 5) is 16.9. The molecule has 0 saturated heterocycles. The van der Waals surface area contributed by atoms with E-state index in [1.54, 1.807) is 4.57 Å². The maximum atomic E-state index is 12.5. The van der Waals surface area contributed by atoms with Crippen LogP contribution in [0.25, 0.3) is 10.9 Å².